The van der Waals surface area contributed by atoms with Gasteiger partial charge in [0, 0.05) is 12.6 Å². The summed E-state index contributed by atoms with van der Waals surface area (Å²) < 4.78 is 26.9. The van der Waals surface area contributed by atoms with Crippen LogP contribution in [0.5, 0.6) is 0 Å². The van der Waals surface area contributed by atoms with Crippen LogP contribution in [0.1, 0.15) is 24.2 Å². The molecular formula is C18H18N2O7S. The lowest BCUT2D eigenvalue weighted by molar-refractivity contribution is -0.137. The number of anilines is 2. The van der Waals surface area contributed by atoms with Crippen LogP contribution in [0.2, 0.25) is 0 Å². The van der Waals surface area contributed by atoms with Crippen molar-refractivity contribution in [2.45, 2.75) is 24.8 Å². The molecule has 28 heavy (non-hydrogen) atoms. The number of hydrogen-bond donors (Lipinski definition) is 3. The van der Waals surface area contributed by atoms with Crippen molar-refractivity contribution in [1.29, 1.82) is 0 Å². The molecule has 1 unspecified atom stereocenters. The lowest BCUT2D eigenvalue weighted by Crippen LogP contribution is -2.43. The summed E-state index contributed by atoms with van der Waals surface area (Å²) in [6.45, 7) is 2.48. The molecule has 0 saturated heterocycles. The molecule has 2 aromatic carbocycles. The smallest absolute Gasteiger partial charge is 0.335 e. The van der Waals surface area contributed by atoms with E-state index >= 15 is 0 Å². The molecular weight excluding hydrogens is 388 g/mol. The molecule has 3 N–H and O–H groups in total. The minimum atomic E-state index is -4.34. The molecule has 2 rings (SSSR count). The Labute approximate surface area is 161 Å². The normalized spacial score (nSPS) is 12.1. The number of aliphatic carboxylic acids is 1. The molecule has 0 aliphatic heterocycles. The zero-order valence-corrected chi connectivity index (χ0v) is 15.8. The fourth-order valence-electron chi connectivity index (χ4n) is 2.47. The predicted octanol–water partition coefficient (Wildman–Crippen LogP) is 2.01. The highest BCUT2D eigenvalue weighted by Crippen LogP contribution is 2.28. The first-order chi connectivity index (χ1) is 13.0. The van der Waals surface area contributed by atoms with Crippen LogP contribution in [0.15, 0.2) is 53.4 Å². The molecule has 9 nitrogen and oxygen atoms in total. The predicted molar refractivity (Wildman–Crippen MR) is 101 cm³/mol. The van der Waals surface area contributed by atoms with Crippen LogP contribution in [-0.2, 0) is 19.6 Å². The highest BCUT2D eigenvalue weighted by atomic mass is 32.2. The van der Waals surface area contributed by atoms with Gasteiger partial charge in [0.15, 0.2) is 0 Å². The molecule has 0 aromatic heterocycles. The summed E-state index contributed by atoms with van der Waals surface area (Å²) in [5.74, 6) is -3.01. The van der Waals surface area contributed by atoms with Crippen LogP contribution >= 0.6 is 0 Å². The number of rotatable bonds is 7. The van der Waals surface area contributed by atoms with Gasteiger partial charge in [-0.3, -0.25) is 9.10 Å². The van der Waals surface area contributed by atoms with Crippen molar-refractivity contribution in [1.82, 2.24) is 0 Å². The van der Waals surface area contributed by atoms with Crippen LogP contribution in [-0.4, -0.2) is 42.5 Å². The van der Waals surface area contributed by atoms with Crippen LogP contribution < -0.4 is 9.62 Å². The highest BCUT2D eigenvalue weighted by molar-refractivity contribution is 7.92. The standard InChI is InChI=1S/C18H18N2O7S/c1-11(17(22)23)20(15-5-3-4-13(10-15)18(24)25)28(26,27)16-8-6-14(7-9-16)19-12(2)21/h3-11H,1-2H3,(H,19,21)(H,22,23)(H,24,25). The Morgan fingerprint density at radius 3 is 2.14 bits per heavy atom. The van der Waals surface area contributed by atoms with E-state index in [4.69, 9.17) is 5.11 Å². The Morgan fingerprint density at radius 1 is 1.04 bits per heavy atom. The second kappa shape index (κ2) is 8.09. The van der Waals surface area contributed by atoms with E-state index in [9.17, 15) is 27.9 Å². The van der Waals surface area contributed by atoms with Gasteiger partial charge in [-0.05, 0) is 49.4 Å². The summed E-state index contributed by atoms with van der Waals surface area (Å²) in [5, 5.41) is 21.0. The number of carboxylic acids is 2. The van der Waals surface area contributed by atoms with Gasteiger partial charge in [-0.2, -0.15) is 0 Å². The van der Waals surface area contributed by atoms with Crippen LogP contribution in [0.4, 0.5) is 11.4 Å². The molecule has 1 amide bonds. The number of nitrogens with one attached hydrogen (secondary N) is 1. The number of carboxylic acid groups (broad SMARTS) is 2. The molecule has 0 spiro atoms. The van der Waals surface area contributed by atoms with E-state index in [1.807, 2.05) is 0 Å². The van der Waals surface area contributed by atoms with E-state index in [0.29, 0.717) is 9.99 Å². The minimum Gasteiger partial charge on any atom is -0.480 e. The van der Waals surface area contributed by atoms with E-state index in [0.717, 1.165) is 6.07 Å². The van der Waals surface area contributed by atoms with Crippen molar-refractivity contribution >= 4 is 39.2 Å². The van der Waals surface area contributed by atoms with Crippen molar-refractivity contribution in [3.05, 3.63) is 54.1 Å². The van der Waals surface area contributed by atoms with E-state index < -0.39 is 28.0 Å². The summed E-state index contributed by atoms with van der Waals surface area (Å²) >= 11 is 0. The Hall–Kier alpha value is -3.40. The zero-order chi connectivity index (χ0) is 21.1. The maximum atomic E-state index is 13.1. The SMILES string of the molecule is CC(=O)Nc1ccc(S(=O)(=O)N(c2cccc(C(=O)O)c2)C(C)C(=O)O)cc1. The molecule has 10 heteroatoms. The summed E-state index contributed by atoms with van der Waals surface area (Å²) in [6, 6.07) is 8.69. The zero-order valence-electron chi connectivity index (χ0n) is 15.0. The van der Waals surface area contributed by atoms with E-state index in [1.54, 1.807) is 0 Å². The van der Waals surface area contributed by atoms with Gasteiger partial charge in [-0.1, -0.05) is 6.07 Å². The Balaban J connectivity index is 2.56. The first-order valence-electron chi connectivity index (χ1n) is 8.02. The quantitative estimate of drug-likeness (QED) is 0.638. The summed E-state index contributed by atoms with van der Waals surface area (Å²) in [5.41, 5.74) is 0.0918. The number of benzene rings is 2. The largest absolute Gasteiger partial charge is 0.480 e. The second-order valence-electron chi connectivity index (χ2n) is 5.88. The van der Waals surface area contributed by atoms with Crippen molar-refractivity contribution in [2.24, 2.45) is 0 Å². The molecule has 0 aliphatic carbocycles. The number of carbonyl (C=O) groups excluding carboxylic acids is 1. The molecule has 0 bridgehead atoms. The molecule has 0 aliphatic rings. The van der Waals surface area contributed by atoms with E-state index in [-0.39, 0.29) is 22.1 Å². The minimum absolute atomic E-state index is 0.0965. The molecule has 0 radical (unpaired) electrons. The fraction of sp³-hybridized carbons (Fsp3) is 0.167. The van der Waals surface area contributed by atoms with Gasteiger partial charge in [0.05, 0.1) is 16.1 Å². The Morgan fingerprint density at radius 2 is 1.64 bits per heavy atom. The molecule has 0 fully saturated rings. The molecule has 0 saturated carbocycles. The Bertz CT molecular complexity index is 1020. The molecule has 2 aromatic rings. The maximum absolute atomic E-state index is 13.1. The first kappa shape index (κ1) is 20.9. The van der Waals surface area contributed by atoms with Gasteiger partial charge in [-0.25, -0.2) is 18.0 Å². The highest BCUT2D eigenvalue weighted by Gasteiger charge is 2.33. The van der Waals surface area contributed by atoms with E-state index in [2.05, 4.69) is 5.32 Å². The van der Waals surface area contributed by atoms with Crippen molar-refractivity contribution < 1.29 is 33.0 Å². The number of hydrogen-bond acceptors (Lipinski definition) is 5. The lowest BCUT2D eigenvalue weighted by Gasteiger charge is -2.28. The molecule has 148 valence electrons. The molecule has 0 heterocycles. The number of amides is 1. The van der Waals surface area contributed by atoms with Crippen LogP contribution in [0.25, 0.3) is 0 Å². The average molecular weight is 406 g/mol. The summed E-state index contributed by atoms with van der Waals surface area (Å²) in [6.07, 6.45) is 0. The van der Waals surface area contributed by atoms with Gasteiger partial charge in [0.25, 0.3) is 10.0 Å². The van der Waals surface area contributed by atoms with Crippen LogP contribution in [0.3, 0.4) is 0 Å². The van der Waals surface area contributed by atoms with Gasteiger partial charge >= 0.3 is 11.9 Å². The maximum Gasteiger partial charge on any atom is 0.335 e. The number of nitrogens with zero attached hydrogens (tertiary/aromatic N) is 1. The van der Waals surface area contributed by atoms with Gasteiger partial charge in [-0.15, -0.1) is 0 Å². The number of carbonyl (C=O) groups is 3. The van der Waals surface area contributed by atoms with Crippen LogP contribution in [0, 0.1) is 0 Å². The monoisotopic (exact) mass is 406 g/mol. The average Bonchev–Trinajstić information content (AvgIpc) is 2.61. The third kappa shape index (κ3) is 4.46. The fourth-order valence-corrected chi connectivity index (χ4v) is 4.08. The summed E-state index contributed by atoms with van der Waals surface area (Å²) in [7, 11) is -4.34. The number of aromatic carboxylic acids is 1. The van der Waals surface area contributed by atoms with Crippen molar-refractivity contribution in [3.8, 4) is 0 Å². The summed E-state index contributed by atoms with van der Waals surface area (Å²) in [4.78, 5) is 33.6. The third-order valence-electron chi connectivity index (χ3n) is 3.79. The van der Waals surface area contributed by atoms with Gasteiger partial charge in [0.2, 0.25) is 5.91 Å². The van der Waals surface area contributed by atoms with Gasteiger partial charge in [0.1, 0.15) is 6.04 Å². The molecule has 1 atom stereocenters. The second-order valence-corrected chi connectivity index (χ2v) is 7.69. The third-order valence-corrected chi connectivity index (χ3v) is 5.70. The first-order valence-corrected chi connectivity index (χ1v) is 9.46. The van der Waals surface area contributed by atoms with Crippen molar-refractivity contribution in [3.63, 3.8) is 0 Å². The van der Waals surface area contributed by atoms with Gasteiger partial charge < -0.3 is 15.5 Å². The lowest BCUT2D eigenvalue weighted by atomic mass is 10.2. The Kier molecular flexibility index (Phi) is 6.04. The van der Waals surface area contributed by atoms with E-state index in [1.165, 1.54) is 56.3 Å². The number of sulfonamides is 1. The van der Waals surface area contributed by atoms with Crippen molar-refractivity contribution in [2.75, 3.05) is 9.62 Å². The topological polar surface area (TPSA) is 141 Å².